The van der Waals surface area contributed by atoms with Crippen LogP contribution in [-0.4, -0.2) is 5.78 Å². The molecule has 17 heavy (non-hydrogen) atoms. The molecule has 0 spiro atoms. The van der Waals surface area contributed by atoms with Crippen molar-refractivity contribution in [3.8, 4) is 0 Å². The van der Waals surface area contributed by atoms with E-state index in [2.05, 4.69) is 6.92 Å². The van der Waals surface area contributed by atoms with Gasteiger partial charge in [0, 0.05) is 6.42 Å². The molecule has 0 N–H and O–H groups in total. The molecule has 0 aliphatic carbocycles. The van der Waals surface area contributed by atoms with Crippen LogP contribution in [-0.2, 0) is 0 Å². The van der Waals surface area contributed by atoms with Crippen LogP contribution in [0.4, 0.5) is 0 Å². The molecule has 96 valence electrons. The normalized spacial score (nSPS) is 10.7. The predicted octanol–water partition coefficient (Wildman–Crippen LogP) is 4.91. The Morgan fingerprint density at radius 3 is 2.29 bits per heavy atom. The summed E-state index contributed by atoms with van der Waals surface area (Å²) < 4.78 is 5.31. The van der Waals surface area contributed by atoms with Crippen LogP contribution in [0, 0.1) is 6.92 Å². The van der Waals surface area contributed by atoms with Gasteiger partial charge in [-0.15, -0.1) is 0 Å². The third-order valence-electron chi connectivity index (χ3n) is 3.02. The SMILES string of the molecule is CCCCCCCCCC(=O)c1ccc(C)o1. The lowest BCUT2D eigenvalue weighted by Gasteiger charge is -2.00. The van der Waals surface area contributed by atoms with Gasteiger partial charge in [-0.2, -0.15) is 0 Å². The third kappa shape index (κ3) is 5.71. The zero-order chi connectivity index (χ0) is 12.5. The van der Waals surface area contributed by atoms with E-state index in [1.807, 2.05) is 13.0 Å². The second-order valence-corrected chi connectivity index (χ2v) is 4.70. The van der Waals surface area contributed by atoms with E-state index in [0.717, 1.165) is 18.6 Å². The molecule has 0 aliphatic rings. The topological polar surface area (TPSA) is 30.2 Å². The molecule has 2 nitrogen and oxygen atoms in total. The maximum absolute atomic E-state index is 11.7. The minimum absolute atomic E-state index is 0.145. The van der Waals surface area contributed by atoms with Gasteiger partial charge in [-0.3, -0.25) is 4.79 Å². The molecule has 1 heterocycles. The lowest BCUT2D eigenvalue weighted by Crippen LogP contribution is -1.96. The zero-order valence-corrected chi connectivity index (χ0v) is 11.1. The monoisotopic (exact) mass is 236 g/mol. The van der Waals surface area contributed by atoms with Crippen molar-refractivity contribution in [2.24, 2.45) is 0 Å². The maximum Gasteiger partial charge on any atom is 0.197 e. The summed E-state index contributed by atoms with van der Waals surface area (Å²) in [6.07, 6.45) is 9.30. The van der Waals surface area contributed by atoms with E-state index in [0.29, 0.717) is 12.2 Å². The predicted molar refractivity (Wildman–Crippen MR) is 70.4 cm³/mol. The van der Waals surface area contributed by atoms with E-state index in [9.17, 15) is 4.79 Å². The second-order valence-electron chi connectivity index (χ2n) is 4.70. The zero-order valence-electron chi connectivity index (χ0n) is 11.1. The van der Waals surface area contributed by atoms with Crippen molar-refractivity contribution in [1.82, 2.24) is 0 Å². The Labute approximate surface area is 104 Å². The van der Waals surface area contributed by atoms with Crippen molar-refractivity contribution in [1.29, 1.82) is 0 Å². The summed E-state index contributed by atoms with van der Waals surface area (Å²) in [4.78, 5) is 11.7. The Morgan fingerprint density at radius 2 is 1.71 bits per heavy atom. The molecule has 1 aromatic rings. The molecule has 0 saturated carbocycles. The first-order chi connectivity index (χ1) is 8.24. The molecular formula is C15H24O2. The highest BCUT2D eigenvalue weighted by atomic mass is 16.3. The Balaban J connectivity index is 2.05. The van der Waals surface area contributed by atoms with Crippen LogP contribution in [0.3, 0.4) is 0 Å². The Hall–Kier alpha value is -1.05. The summed E-state index contributed by atoms with van der Waals surface area (Å²) in [6.45, 7) is 4.09. The highest BCUT2D eigenvalue weighted by molar-refractivity contribution is 5.93. The van der Waals surface area contributed by atoms with Crippen molar-refractivity contribution >= 4 is 5.78 Å². The minimum Gasteiger partial charge on any atom is -0.458 e. The molecule has 0 radical (unpaired) electrons. The molecule has 0 atom stereocenters. The number of carbonyl (C=O) groups is 1. The number of ketones is 1. The number of carbonyl (C=O) groups excluding carboxylic acids is 1. The smallest absolute Gasteiger partial charge is 0.197 e. The first kappa shape index (κ1) is 14.0. The van der Waals surface area contributed by atoms with E-state index < -0.39 is 0 Å². The lowest BCUT2D eigenvalue weighted by molar-refractivity contribution is 0.0951. The lowest BCUT2D eigenvalue weighted by atomic mass is 10.1. The second kappa shape index (κ2) is 8.10. The van der Waals surface area contributed by atoms with Gasteiger partial charge in [-0.05, 0) is 25.5 Å². The quantitative estimate of drug-likeness (QED) is 0.450. The van der Waals surface area contributed by atoms with Gasteiger partial charge in [0.05, 0.1) is 0 Å². The van der Waals surface area contributed by atoms with Gasteiger partial charge >= 0.3 is 0 Å². The van der Waals surface area contributed by atoms with Crippen LogP contribution < -0.4 is 0 Å². The van der Waals surface area contributed by atoms with Gasteiger partial charge in [0.15, 0.2) is 11.5 Å². The van der Waals surface area contributed by atoms with Crippen molar-refractivity contribution in [3.05, 3.63) is 23.7 Å². The summed E-state index contributed by atoms with van der Waals surface area (Å²) in [7, 11) is 0. The van der Waals surface area contributed by atoms with Crippen molar-refractivity contribution in [2.75, 3.05) is 0 Å². The van der Waals surface area contributed by atoms with Gasteiger partial charge in [-0.25, -0.2) is 0 Å². The number of hydrogen-bond acceptors (Lipinski definition) is 2. The average molecular weight is 236 g/mol. The molecule has 0 amide bonds. The first-order valence-electron chi connectivity index (χ1n) is 6.83. The molecule has 1 rings (SSSR count). The van der Waals surface area contributed by atoms with Gasteiger partial charge < -0.3 is 4.42 Å². The summed E-state index contributed by atoms with van der Waals surface area (Å²) in [5, 5.41) is 0. The van der Waals surface area contributed by atoms with Crippen LogP contribution in [0.5, 0.6) is 0 Å². The summed E-state index contributed by atoms with van der Waals surface area (Å²) >= 11 is 0. The van der Waals surface area contributed by atoms with Gasteiger partial charge in [0.1, 0.15) is 5.76 Å². The number of rotatable bonds is 9. The van der Waals surface area contributed by atoms with E-state index in [4.69, 9.17) is 4.42 Å². The van der Waals surface area contributed by atoms with Crippen LogP contribution in [0.15, 0.2) is 16.5 Å². The van der Waals surface area contributed by atoms with E-state index in [-0.39, 0.29) is 5.78 Å². The van der Waals surface area contributed by atoms with Gasteiger partial charge in [0.2, 0.25) is 0 Å². The Kier molecular flexibility index (Phi) is 6.68. The standard InChI is InChI=1S/C15H24O2/c1-3-4-5-6-7-8-9-10-14(16)15-12-11-13(2)17-15/h11-12H,3-10H2,1-2H3. The third-order valence-corrected chi connectivity index (χ3v) is 3.02. The van der Waals surface area contributed by atoms with Crippen LogP contribution >= 0.6 is 0 Å². The molecule has 0 aromatic carbocycles. The number of unbranched alkanes of at least 4 members (excludes halogenated alkanes) is 6. The van der Waals surface area contributed by atoms with E-state index in [1.165, 1.54) is 32.1 Å². The molecule has 2 heteroatoms. The molecular weight excluding hydrogens is 212 g/mol. The fraction of sp³-hybridized carbons (Fsp3) is 0.667. The highest BCUT2D eigenvalue weighted by Crippen LogP contribution is 2.13. The van der Waals surface area contributed by atoms with Crippen molar-refractivity contribution in [2.45, 2.75) is 65.2 Å². The fourth-order valence-corrected chi connectivity index (χ4v) is 1.95. The molecule has 1 aromatic heterocycles. The van der Waals surface area contributed by atoms with Crippen molar-refractivity contribution in [3.63, 3.8) is 0 Å². The Bertz CT molecular complexity index is 325. The molecule has 0 bridgehead atoms. The maximum atomic E-state index is 11.7. The van der Waals surface area contributed by atoms with Crippen molar-refractivity contribution < 1.29 is 9.21 Å². The average Bonchev–Trinajstić information content (AvgIpc) is 2.74. The fourth-order valence-electron chi connectivity index (χ4n) is 1.95. The Morgan fingerprint density at radius 1 is 1.06 bits per heavy atom. The minimum atomic E-state index is 0.145. The summed E-state index contributed by atoms with van der Waals surface area (Å²) in [6, 6.07) is 3.62. The van der Waals surface area contributed by atoms with Crippen LogP contribution in [0.25, 0.3) is 0 Å². The summed E-state index contributed by atoms with van der Waals surface area (Å²) in [5.74, 6) is 1.48. The molecule has 0 unspecified atom stereocenters. The molecule has 0 saturated heterocycles. The van der Waals surface area contributed by atoms with E-state index in [1.54, 1.807) is 6.07 Å². The number of furan rings is 1. The number of Topliss-reactive ketones (excluding diaryl/α,β-unsaturated/α-hetero) is 1. The molecule has 0 aliphatic heterocycles. The summed E-state index contributed by atoms with van der Waals surface area (Å²) in [5.41, 5.74) is 0. The van der Waals surface area contributed by atoms with E-state index >= 15 is 0 Å². The first-order valence-corrected chi connectivity index (χ1v) is 6.83. The van der Waals surface area contributed by atoms with Gasteiger partial charge in [0.25, 0.3) is 0 Å². The van der Waals surface area contributed by atoms with Crippen LogP contribution in [0.1, 0.15) is 74.6 Å². The molecule has 0 fully saturated rings. The van der Waals surface area contributed by atoms with Gasteiger partial charge in [-0.1, -0.05) is 45.4 Å². The van der Waals surface area contributed by atoms with Crippen LogP contribution in [0.2, 0.25) is 0 Å². The highest BCUT2D eigenvalue weighted by Gasteiger charge is 2.08. The number of hydrogen-bond donors (Lipinski definition) is 0. The number of aryl methyl sites for hydroxylation is 1. The largest absolute Gasteiger partial charge is 0.458 e.